The van der Waals surface area contributed by atoms with Crippen LogP contribution in [0.1, 0.15) is 33.6 Å². The van der Waals surface area contributed by atoms with Gasteiger partial charge >= 0.3 is 0 Å². The first-order valence-electron chi connectivity index (χ1n) is 6.59. The summed E-state index contributed by atoms with van der Waals surface area (Å²) in [6.07, 6.45) is 2.77. The molecular weight excluding hydrogens is 200 g/mol. The summed E-state index contributed by atoms with van der Waals surface area (Å²) < 4.78 is 5.17. The first-order chi connectivity index (χ1) is 7.63. The van der Waals surface area contributed by atoms with Gasteiger partial charge in [-0.3, -0.25) is 4.90 Å². The van der Waals surface area contributed by atoms with Crippen molar-refractivity contribution < 1.29 is 4.74 Å². The topological polar surface area (TPSA) is 24.5 Å². The smallest absolute Gasteiger partial charge is 0.0589 e. The fraction of sp³-hybridized carbons (Fsp3) is 1.00. The van der Waals surface area contributed by atoms with Crippen molar-refractivity contribution in [3.63, 3.8) is 0 Å². The number of methoxy groups -OCH3 is 1. The van der Waals surface area contributed by atoms with Crippen LogP contribution in [0.3, 0.4) is 0 Å². The number of nitrogens with one attached hydrogen (secondary N) is 1. The van der Waals surface area contributed by atoms with Crippen molar-refractivity contribution in [3.05, 3.63) is 0 Å². The molecule has 0 aliphatic heterocycles. The van der Waals surface area contributed by atoms with E-state index in [1.54, 1.807) is 7.11 Å². The molecule has 0 radical (unpaired) electrons. The van der Waals surface area contributed by atoms with E-state index in [0.29, 0.717) is 6.04 Å². The van der Waals surface area contributed by atoms with Crippen LogP contribution in [0.15, 0.2) is 0 Å². The molecule has 0 heterocycles. The first kappa shape index (κ1) is 13.9. The molecular formula is C13H28N2O. The van der Waals surface area contributed by atoms with Crippen molar-refractivity contribution in [2.45, 2.75) is 45.7 Å². The highest BCUT2D eigenvalue weighted by Crippen LogP contribution is 2.27. The summed E-state index contributed by atoms with van der Waals surface area (Å²) in [5.41, 5.74) is 0. The van der Waals surface area contributed by atoms with Crippen LogP contribution in [-0.2, 0) is 4.74 Å². The van der Waals surface area contributed by atoms with Gasteiger partial charge < -0.3 is 10.1 Å². The van der Waals surface area contributed by atoms with Gasteiger partial charge in [-0.25, -0.2) is 0 Å². The number of rotatable bonds is 9. The SMILES string of the molecule is COCCN(CC(C)CNC(C)C)C1CC1. The predicted octanol–water partition coefficient (Wildman–Crippen LogP) is 1.73. The van der Waals surface area contributed by atoms with Crippen molar-refractivity contribution in [2.24, 2.45) is 5.92 Å². The Bertz CT molecular complexity index is 181. The highest BCUT2D eigenvalue weighted by molar-refractivity contribution is 4.85. The van der Waals surface area contributed by atoms with Gasteiger partial charge in [-0.1, -0.05) is 20.8 Å². The Morgan fingerprint density at radius 2 is 2.00 bits per heavy atom. The second-order valence-electron chi connectivity index (χ2n) is 5.39. The third-order valence-electron chi connectivity index (χ3n) is 3.07. The van der Waals surface area contributed by atoms with Gasteiger partial charge in [0, 0.05) is 32.3 Å². The Labute approximate surface area is 101 Å². The normalized spacial score (nSPS) is 18.4. The Morgan fingerprint density at radius 3 is 2.50 bits per heavy atom. The van der Waals surface area contributed by atoms with E-state index >= 15 is 0 Å². The minimum atomic E-state index is 0.593. The minimum absolute atomic E-state index is 0.593. The van der Waals surface area contributed by atoms with Crippen LogP contribution in [-0.4, -0.2) is 50.3 Å². The number of nitrogens with zero attached hydrogens (tertiary/aromatic N) is 1. The lowest BCUT2D eigenvalue weighted by Gasteiger charge is -2.26. The molecule has 0 bridgehead atoms. The largest absolute Gasteiger partial charge is 0.383 e. The van der Waals surface area contributed by atoms with Crippen molar-refractivity contribution in [1.29, 1.82) is 0 Å². The van der Waals surface area contributed by atoms with Gasteiger partial charge in [-0.2, -0.15) is 0 Å². The lowest BCUT2D eigenvalue weighted by atomic mass is 10.1. The number of ether oxygens (including phenoxy) is 1. The van der Waals surface area contributed by atoms with Crippen molar-refractivity contribution >= 4 is 0 Å². The molecule has 0 saturated heterocycles. The highest BCUT2D eigenvalue weighted by atomic mass is 16.5. The molecule has 1 unspecified atom stereocenters. The van der Waals surface area contributed by atoms with Crippen LogP contribution < -0.4 is 5.32 Å². The molecule has 1 aliphatic carbocycles. The summed E-state index contributed by atoms with van der Waals surface area (Å²) in [4.78, 5) is 2.59. The Balaban J connectivity index is 2.19. The molecule has 1 fully saturated rings. The van der Waals surface area contributed by atoms with Gasteiger partial charge in [0.1, 0.15) is 0 Å². The van der Waals surface area contributed by atoms with E-state index in [4.69, 9.17) is 4.74 Å². The van der Waals surface area contributed by atoms with E-state index in [0.717, 1.165) is 31.7 Å². The second kappa shape index (κ2) is 7.25. The molecule has 0 spiro atoms. The Morgan fingerprint density at radius 1 is 1.31 bits per heavy atom. The molecule has 96 valence electrons. The molecule has 16 heavy (non-hydrogen) atoms. The van der Waals surface area contributed by atoms with Crippen LogP contribution in [0.4, 0.5) is 0 Å². The summed E-state index contributed by atoms with van der Waals surface area (Å²) in [6, 6.07) is 1.44. The molecule has 1 saturated carbocycles. The third kappa shape index (κ3) is 5.83. The van der Waals surface area contributed by atoms with E-state index in [9.17, 15) is 0 Å². The lowest BCUT2D eigenvalue weighted by Crippen LogP contribution is -2.38. The van der Waals surface area contributed by atoms with Crippen molar-refractivity contribution in [2.75, 3.05) is 33.4 Å². The van der Waals surface area contributed by atoms with Gasteiger partial charge in [0.25, 0.3) is 0 Å². The average molecular weight is 228 g/mol. The summed E-state index contributed by atoms with van der Waals surface area (Å²) in [5.74, 6) is 0.722. The summed E-state index contributed by atoms with van der Waals surface area (Å²) >= 11 is 0. The molecule has 1 atom stereocenters. The minimum Gasteiger partial charge on any atom is -0.383 e. The molecule has 1 aliphatic rings. The molecule has 0 amide bonds. The fourth-order valence-electron chi connectivity index (χ4n) is 1.97. The predicted molar refractivity (Wildman–Crippen MR) is 68.8 cm³/mol. The molecule has 0 aromatic carbocycles. The molecule has 1 N–H and O–H groups in total. The summed E-state index contributed by atoms with van der Waals surface area (Å²) in [5, 5.41) is 3.51. The Hall–Kier alpha value is -0.120. The second-order valence-corrected chi connectivity index (χ2v) is 5.39. The standard InChI is InChI=1S/C13H28N2O/c1-11(2)14-9-12(3)10-15(7-8-16-4)13-5-6-13/h11-14H,5-10H2,1-4H3. The van der Waals surface area contributed by atoms with Crippen LogP contribution in [0, 0.1) is 5.92 Å². The van der Waals surface area contributed by atoms with Gasteiger partial charge in [-0.05, 0) is 25.3 Å². The fourth-order valence-corrected chi connectivity index (χ4v) is 1.97. The van der Waals surface area contributed by atoms with E-state index in [2.05, 4.69) is 31.0 Å². The highest BCUT2D eigenvalue weighted by Gasteiger charge is 2.29. The molecule has 0 aromatic heterocycles. The third-order valence-corrected chi connectivity index (χ3v) is 3.07. The molecule has 3 nitrogen and oxygen atoms in total. The Kier molecular flexibility index (Phi) is 6.32. The first-order valence-corrected chi connectivity index (χ1v) is 6.59. The molecule has 1 rings (SSSR count). The zero-order valence-electron chi connectivity index (χ0n) is 11.3. The van der Waals surface area contributed by atoms with Gasteiger partial charge in [-0.15, -0.1) is 0 Å². The monoisotopic (exact) mass is 228 g/mol. The van der Waals surface area contributed by atoms with E-state index in [1.807, 2.05) is 0 Å². The molecule has 3 heteroatoms. The molecule has 0 aromatic rings. The number of hydrogen-bond donors (Lipinski definition) is 1. The van der Waals surface area contributed by atoms with Crippen LogP contribution in [0.25, 0.3) is 0 Å². The van der Waals surface area contributed by atoms with Gasteiger partial charge in [0.15, 0.2) is 0 Å². The summed E-state index contributed by atoms with van der Waals surface area (Å²) in [7, 11) is 1.79. The quantitative estimate of drug-likeness (QED) is 0.650. The number of hydrogen-bond acceptors (Lipinski definition) is 3. The van der Waals surface area contributed by atoms with Gasteiger partial charge in [0.05, 0.1) is 6.61 Å². The zero-order valence-corrected chi connectivity index (χ0v) is 11.3. The van der Waals surface area contributed by atoms with Gasteiger partial charge in [0.2, 0.25) is 0 Å². The average Bonchev–Trinajstić information content (AvgIpc) is 3.05. The zero-order chi connectivity index (χ0) is 12.0. The van der Waals surface area contributed by atoms with E-state index < -0.39 is 0 Å². The van der Waals surface area contributed by atoms with Crippen LogP contribution in [0.5, 0.6) is 0 Å². The maximum absolute atomic E-state index is 5.17. The summed E-state index contributed by atoms with van der Waals surface area (Å²) in [6.45, 7) is 11.0. The van der Waals surface area contributed by atoms with Crippen molar-refractivity contribution in [1.82, 2.24) is 10.2 Å². The van der Waals surface area contributed by atoms with E-state index in [1.165, 1.54) is 19.4 Å². The van der Waals surface area contributed by atoms with E-state index in [-0.39, 0.29) is 0 Å². The van der Waals surface area contributed by atoms with Crippen LogP contribution >= 0.6 is 0 Å². The van der Waals surface area contributed by atoms with Crippen molar-refractivity contribution in [3.8, 4) is 0 Å². The maximum atomic E-state index is 5.17. The maximum Gasteiger partial charge on any atom is 0.0589 e. The lowest BCUT2D eigenvalue weighted by molar-refractivity contribution is 0.133. The van der Waals surface area contributed by atoms with Crippen LogP contribution in [0.2, 0.25) is 0 Å².